The predicted octanol–water partition coefficient (Wildman–Crippen LogP) is 0.762. The molecule has 0 spiro atoms. The van der Waals surface area contributed by atoms with Crippen molar-refractivity contribution in [1.29, 1.82) is 0 Å². The number of sulfonamides is 1. The number of amides is 1. The summed E-state index contributed by atoms with van der Waals surface area (Å²) in [6.07, 6.45) is 1.55. The zero-order chi connectivity index (χ0) is 17.0. The Morgan fingerprint density at radius 2 is 2.13 bits per heavy atom. The second kappa shape index (κ2) is 7.11. The molecule has 1 aromatic carbocycles. The van der Waals surface area contributed by atoms with Crippen molar-refractivity contribution in [3.8, 4) is 0 Å². The highest BCUT2D eigenvalue weighted by Gasteiger charge is 2.16. The van der Waals surface area contributed by atoms with Crippen LogP contribution in [0.5, 0.6) is 0 Å². The van der Waals surface area contributed by atoms with Gasteiger partial charge in [-0.05, 0) is 31.7 Å². The molecule has 2 N–H and O–H groups in total. The van der Waals surface area contributed by atoms with Crippen molar-refractivity contribution < 1.29 is 13.2 Å². The van der Waals surface area contributed by atoms with E-state index in [-0.39, 0.29) is 16.6 Å². The number of carbonyl (C=O) groups is 1. The molecule has 0 fully saturated rings. The third-order valence-electron chi connectivity index (χ3n) is 3.03. The van der Waals surface area contributed by atoms with Gasteiger partial charge in [0.15, 0.2) is 5.16 Å². The normalized spacial score (nSPS) is 11.4. The van der Waals surface area contributed by atoms with Crippen molar-refractivity contribution >= 4 is 33.4 Å². The summed E-state index contributed by atoms with van der Waals surface area (Å²) in [5, 5.41) is 10.9. The third-order valence-corrected chi connectivity index (χ3v) is 5.62. The largest absolute Gasteiger partial charge is 0.325 e. The first-order valence-corrected chi connectivity index (χ1v) is 9.11. The summed E-state index contributed by atoms with van der Waals surface area (Å²) in [5.41, 5.74) is 1.03. The molecule has 1 aromatic heterocycles. The molecule has 0 unspecified atom stereocenters. The third kappa shape index (κ3) is 4.30. The smallest absolute Gasteiger partial charge is 0.240 e. The standard InChI is InChI=1S/C13H17N5O3S2/c1-9-4-5-10(6-11(9)23(20,21)14-2)16-12(19)7-22-13-17-15-8-18(13)3/h4-6,8,14H,7H2,1-3H3,(H,16,19). The number of aromatic nitrogens is 3. The lowest BCUT2D eigenvalue weighted by Gasteiger charge is -2.10. The highest BCUT2D eigenvalue weighted by molar-refractivity contribution is 7.99. The molecule has 2 rings (SSSR count). The van der Waals surface area contributed by atoms with Crippen molar-refractivity contribution in [2.75, 3.05) is 18.1 Å². The summed E-state index contributed by atoms with van der Waals surface area (Å²) < 4.78 is 27.8. The van der Waals surface area contributed by atoms with E-state index >= 15 is 0 Å². The van der Waals surface area contributed by atoms with Crippen LogP contribution in [-0.4, -0.2) is 41.9 Å². The fourth-order valence-electron chi connectivity index (χ4n) is 1.81. The van der Waals surface area contributed by atoms with Gasteiger partial charge in [0.2, 0.25) is 15.9 Å². The average Bonchev–Trinajstić information content (AvgIpc) is 2.92. The van der Waals surface area contributed by atoms with E-state index in [1.807, 2.05) is 0 Å². The van der Waals surface area contributed by atoms with Crippen LogP contribution >= 0.6 is 11.8 Å². The number of benzene rings is 1. The first kappa shape index (κ1) is 17.4. The van der Waals surface area contributed by atoms with Gasteiger partial charge >= 0.3 is 0 Å². The highest BCUT2D eigenvalue weighted by Crippen LogP contribution is 2.20. The lowest BCUT2D eigenvalue weighted by Crippen LogP contribution is -2.20. The SMILES string of the molecule is CNS(=O)(=O)c1cc(NC(=O)CSc2nncn2C)ccc1C. The Balaban J connectivity index is 2.07. The number of hydrogen-bond donors (Lipinski definition) is 2. The quantitative estimate of drug-likeness (QED) is 0.741. The van der Waals surface area contributed by atoms with E-state index in [4.69, 9.17) is 0 Å². The van der Waals surface area contributed by atoms with Crippen LogP contribution in [0.25, 0.3) is 0 Å². The van der Waals surface area contributed by atoms with E-state index in [0.717, 1.165) is 0 Å². The minimum absolute atomic E-state index is 0.138. The summed E-state index contributed by atoms with van der Waals surface area (Å²) in [6.45, 7) is 1.69. The van der Waals surface area contributed by atoms with Crippen LogP contribution < -0.4 is 10.0 Å². The number of nitrogens with one attached hydrogen (secondary N) is 2. The summed E-state index contributed by atoms with van der Waals surface area (Å²) in [6, 6.07) is 4.75. The van der Waals surface area contributed by atoms with Crippen LogP contribution in [0.3, 0.4) is 0 Å². The van der Waals surface area contributed by atoms with Crippen molar-refractivity contribution in [2.45, 2.75) is 17.0 Å². The lowest BCUT2D eigenvalue weighted by molar-refractivity contribution is -0.113. The van der Waals surface area contributed by atoms with Crippen LogP contribution in [0.1, 0.15) is 5.56 Å². The molecule has 0 radical (unpaired) electrons. The molecule has 10 heteroatoms. The molecule has 23 heavy (non-hydrogen) atoms. The number of nitrogens with zero attached hydrogens (tertiary/aromatic N) is 3. The Morgan fingerprint density at radius 1 is 1.39 bits per heavy atom. The number of thioether (sulfide) groups is 1. The first-order valence-electron chi connectivity index (χ1n) is 6.64. The summed E-state index contributed by atoms with van der Waals surface area (Å²) >= 11 is 1.25. The highest BCUT2D eigenvalue weighted by atomic mass is 32.2. The van der Waals surface area contributed by atoms with Gasteiger partial charge in [-0.25, -0.2) is 13.1 Å². The molecule has 0 saturated carbocycles. The zero-order valence-electron chi connectivity index (χ0n) is 12.9. The predicted molar refractivity (Wildman–Crippen MR) is 87.8 cm³/mol. The topological polar surface area (TPSA) is 106 Å². The maximum atomic E-state index is 12.0. The Labute approximate surface area is 138 Å². The monoisotopic (exact) mass is 355 g/mol. The Hall–Kier alpha value is -1.91. The maximum Gasteiger partial charge on any atom is 0.240 e. The molecule has 2 aromatic rings. The summed E-state index contributed by atoms with van der Waals surface area (Å²) in [7, 11) is -0.437. The van der Waals surface area contributed by atoms with Crippen LogP contribution in [0.15, 0.2) is 34.6 Å². The van der Waals surface area contributed by atoms with Gasteiger partial charge in [-0.2, -0.15) is 0 Å². The van der Waals surface area contributed by atoms with Gasteiger partial charge in [-0.3, -0.25) is 4.79 Å². The average molecular weight is 355 g/mol. The van der Waals surface area contributed by atoms with E-state index < -0.39 is 10.0 Å². The van der Waals surface area contributed by atoms with Crippen LogP contribution in [0.2, 0.25) is 0 Å². The minimum atomic E-state index is -3.57. The van der Waals surface area contributed by atoms with Gasteiger partial charge in [-0.1, -0.05) is 17.8 Å². The van der Waals surface area contributed by atoms with E-state index in [2.05, 4.69) is 20.2 Å². The minimum Gasteiger partial charge on any atom is -0.325 e. The number of carbonyl (C=O) groups excluding carboxylic acids is 1. The van der Waals surface area contributed by atoms with Crippen molar-refractivity contribution in [1.82, 2.24) is 19.5 Å². The molecule has 0 aliphatic rings. The molecule has 8 nitrogen and oxygen atoms in total. The Kier molecular flexibility index (Phi) is 5.39. The van der Waals surface area contributed by atoms with E-state index in [1.165, 1.54) is 24.9 Å². The Bertz CT molecular complexity index is 817. The van der Waals surface area contributed by atoms with Gasteiger partial charge in [-0.15, -0.1) is 10.2 Å². The molecule has 0 saturated heterocycles. The van der Waals surface area contributed by atoms with Crippen molar-refractivity contribution in [3.63, 3.8) is 0 Å². The molecule has 0 aliphatic carbocycles. The van der Waals surface area contributed by atoms with Crippen LogP contribution in [0.4, 0.5) is 5.69 Å². The summed E-state index contributed by atoms with van der Waals surface area (Å²) in [5.74, 6) is -0.108. The second-order valence-electron chi connectivity index (χ2n) is 4.75. The molecule has 1 heterocycles. The lowest BCUT2D eigenvalue weighted by atomic mass is 10.2. The van der Waals surface area contributed by atoms with E-state index in [0.29, 0.717) is 16.4 Å². The fourth-order valence-corrected chi connectivity index (χ4v) is 3.49. The molecule has 0 atom stereocenters. The number of aryl methyl sites for hydroxylation is 2. The van der Waals surface area contributed by atoms with Gasteiger partial charge in [0.25, 0.3) is 0 Å². The molecular formula is C13H17N5O3S2. The zero-order valence-corrected chi connectivity index (χ0v) is 14.5. The van der Waals surface area contributed by atoms with Gasteiger partial charge < -0.3 is 9.88 Å². The molecule has 1 amide bonds. The maximum absolute atomic E-state index is 12.0. The number of rotatable bonds is 6. The summed E-state index contributed by atoms with van der Waals surface area (Å²) in [4.78, 5) is 12.1. The second-order valence-corrected chi connectivity index (χ2v) is 7.55. The van der Waals surface area contributed by atoms with Gasteiger partial charge in [0, 0.05) is 12.7 Å². The van der Waals surface area contributed by atoms with Crippen molar-refractivity contribution in [3.05, 3.63) is 30.1 Å². The van der Waals surface area contributed by atoms with Gasteiger partial charge in [0.1, 0.15) is 6.33 Å². The fraction of sp³-hybridized carbons (Fsp3) is 0.308. The molecule has 0 bridgehead atoms. The van der Waals surface area contributed by atoms with Gasteiger partial charge in [0.05, 0.1) is 10.6 Å². The molecule has 124 valence electrons. The van der Waals surface area contributed by atoms with E-state index in [9.17, 15) is 13.2 Å². The molecule has 0 aliphatic heterocycles. The number of anilines is 1. The van der Waals surface area contributed by atoms with E-state index in [1.54, 1.807) is 37.0 Å². The van der Waals surface area contributed by atoms with Crippen LogP contribution in [0, 0.1) is 6.92 Å². The molecular weight excluding hydrogens is 338 g/mol. The number of hydrogen-bond acceptors (Lipinski definition) is 6. The van der Waals surface area contributed by atoms with Crippen molar-refractivity contribution in [2.24, 2.45) is 7.05 Å². The first-order chi connectivity index (χ1) is 10.8. The van der Waals surface area contributed by atoms with Crippen LogP contribution in [-0.2, 0) is 21.9 Å². The Morgan fingerprint density at radius 3 is 2.74 bits per heavy atom.